The molecule has 0 aliphatic carbocycles. The van der Waals surface area contributed by atoms with Crippen molar-refractivity contribution in [2.75, 3.05) is 6.61 Å². The molecule has 0 heterocycles. The number of carboxylic acid groups (broad SMARTS) is 1. The van der Waals surface area contributed by atoms with Gasteiger partial charge in [-0.05, 0) is 36.5 Å². The number of nitrogens with one attached hydrogen (secondary N) is 1. The summed E-state index contributed by atoms with van der Waals surface area (Å²) in [6.45, 7) is 2.06. The fraction of sp³-hybridized carbons (Fsp3) is 0.348. The summed E-state index contributed by atoms with van der Waals surface area (Å²) in [5, 5.41) is 11.6. The largest absolute Gasteiger partial charge is 0.481 e. The number of aliphatic carboxylic acids is 1. The molecule has 1 amide bonds. The number of hydrogen-bond donors (Lipinski definition) is 2. The van der Waals surface area contributed by atoms with Crippen molar-refractivity contribution >= 4 is 17.8 Å². The van der Waals surface area contributed by atoms with Crippen LogP contribution in [-0.2, 0) is 25.5 Å². The quantitative estimate of drug-likeness (QED) is 0.565. The van der Waals surface area contributed by atoms with Crippen molar-refractivity contribution in [2.45, 2.75) is 45.1 Å². The van der Waals surface area contributed by atoms with E-state index in [9.17, 15) is 14.4 Å². The van der Waals surface area contributed by atoms with Crippen molar-refractivity contribution in [3.8, 4) is 11.1 Å². The van der Waals surface area contributed by atoms with Crippen LogP contribution < -0.4 is 5.32 Å². The zero-order valence-corrected chi connectivity index (χ0v) is 16.6. The fourth-order valence-electron chi connectivity index (χ4n) is 3.02. The third-order valence-corrected chi connectivity index (χ3v) is 4.48. The molecule has 0 spiro atoms. The van der Waals surface area contributed by atoms with Crippen LogP contribution in [0.4, 0.5) is 0 Å². The first-order valence-corrected chi connectivity index (χ1v) is 9.79. The van der Waals surface area contributed by atoms with Gasteiger partial charge in [-0.25, -0.2) is 0 Å². The second kappa shape index (κ2) is 11.6. The average Bonchev–Trinajstić information content (AvgIpc) is 2.72. The van der Waals surface area contributed by atoms with Gasteiger partial charge in [-0.1, -0.05) is 54.6 Å². The molecule has 2 N–H and O–H groups in total. The number of ether oxygens (including phenoxy) is 1. The molecule has 0 saturated carbocycles. The SMILES string of the molecule is CCOC(=O)CC[C@@H](Cc1ccc(-c2ccccc2)cc1)NC(=O)CCC(=O)O. The molecule has 154 valence electrons. The number of esters is 1. The van der Waals surface area contributed by atoms with E-state index >= 15 is 0 Å². The highest BCUT2D eigenvalue weighted by Gasteiger charge is 2.16. The third-order valence-electron chi connectivity index (χ3n) is 4.48. The average molecular weight is 397 g/mol. The molecule has 0 unspecified atom stereocenters. The predicted octanol–water partition coefficient (Wildman–Crippen LogP) is 3.59. The lowest BCUT2D eigenvalue weighted by molar-refractivity contribution is -0.143. The van der Waals surface area contributed by atoms with Crippen LogP contribution in [0.3, 0.4) is 0 Å². The van der Waals surface area contributed by atoms with Gasteiger partial charge in [0.1, 0.15) is 0 Å². The Hall–Kier alpha value is -3.15. The molecule has 0 aliphatic rings. The molecule has 2 aromatic rings. The summed E-state index contributed by atoms with van der Waals surface area (Å²) in [5.74, 6) is -1.65. The highest BCUT2D eigenvalue weighted by atomic mass is 16.5. The van der Waals surface area contributed by atoms with E-state index in [4.69, 9.17) is 9.84 Å². The van der Waals surface area contributed by atoms with E-state index in [0.717, 1.165) is 16.7 Å². The molecule has 2 aromatic carbocycles. The van der Waals surface area contributed by atoms with E-state index in [1.807, 2.05) is 54.6 Å². The van der Waals surface area contributed by atoms with Crippen molar-refractivity contribution in [2.24, 2.45) is 0 Å². The Labute approximate surface area is 170 Å². The highest BCUT2D eigenvalue weighted by Crippen LogP contribution is 2.20. The monoisotopic (exact) mass is 397 g/mol. The van der Waals surface area contributed by atoms with Crippen molar-refractivity contribution in [3.05, 3.63) is 60.2 Å². The topological polar surface area (TPSA) is 92.7 Å². The second-order valence-corrected chi connectivity index (χ2v) is 6.77. The second-order valence-electron chi connectivity index (χ2n) is 6.77. The van der Waals surface area contributed by atoms with Gasteiger partial charge in [-0.3, -0.25) is 14.4 Å². The molecule has 6 heteroatoms. The molecule has 2 rings (SSSR count). The van der Waals surface area contributed by atoms with Crippen LogP contribution in [0.2, 0.25) is 0 Å². The summed E-state index contributed by atoms with van der Waals surface area (Å²) in [6, 6.07) is 17.8. The smallest absolute Gasteiger partial charge is 0.305 e. The van der Waals surface area contributed by atoms with Gasteiger partial charge in [0.15, 0.2) is 0 Å². The molecular weight excluding hydrogens is 370 g/mol. The van der Waals surface area contributed by atoms with Gasteiger partial charge in [-0.15, -0.1) is 0 Å². The van der Waals surface area contributed by atoms with E-state index in [0.29, 0.717) is 19.4 Å². The maximum atomic E-state index is 12.1. The summed E-state index contributed by atoms with van der Waals surface area (Å²) in [7, 11) is 0. The highest BCUT2D eigenvalue weighted by molar-refractivity contribution is 5.81. The van der Waals surface area contributed by atoms with E-state index in [1.165, 1.54) is 0 Å². The molecule has 0 aromatic heterocycles. The third kappa shape index (κ3) is 8.17. The maximum Gasteiger partial charge on any atom is 0.305 e. The minimum atomic E-state index is -1.01. The summed E-state index contributed by atoms with van der Waals surface area (Å²) in [6.07, 6.45) is 0.867. The van der Waals surface area contributed by atoms with Gasteiger partial charge in [0, 0.05) is 18.9 Å². The minimum Gasteiger partial charge on any atom is -0.481 e. The molecular formula is C23H27NO5. The van der Waals surface area contributed by atoms with E-state index < -0.39 is 5.97 Å². The van der Waals surface area contributed by atoms with Crippen LogP contribution in [0.25, 0.3) is 11.1 Å². The molecule has 29 heavy (non-hydrogen) atoms. The van der Waals surface area contributed by atoms with Gasteiger partial charge >= 0.3 is 11.9 Å². The molecule has 6 nitrogen and oxygen atoms in total. The zero-order valence-electron chi connectivity index (χ0n) is 16.6. The Bertz CT molecular complexity index is 802. The standard InChI is InChI=1S/C23H27NO5/c1-2-29-23(28)15-12-20(24-21(25)13-14-22(26)27)16-17-8-10-19(11-9-17)18-6-4-3-5-7-18/h3-11,20H,2,12-16H2,1H3,(H,24,25)(H,26,27)/t20-/m0/s1. The number of benzene rings is 2. The normalized spacial score (nSPS) is 11.5. The van der Waals surface area contributed by atoms with Crippen LogP contribution in [0, 0.1) is 0 Å². The Morgan fingerprint density at radius 3 is 2.21 bits per heavy atom. The van der Waals surface area contributed by atoms with Gasteiger partial charge in [-0.2, -0.15) is 0 Å². The van der Waals surface area contributed by atoms with E-state index in [1.54, 1.807) is 6.92 Å². The van der Waals surface area contributed by atoms with E-state index in [2.05, 4.69) is 5.32 Å². The maximum absolute atomic E-state index is 12.1. The number of rotatable bonds is 11. The zero-order chi connectivity index (χ0) is 21.1. The lowest BCUT2D eigenvalue weighted by atomic mass is 9.98. The molecule has 1 atom stereocenters. The number of amides is 1. The predicted molar refractivity (Wildman–Crippen MR) is 110 cm³/mol. The first-order chi connectivity index (χ1) is 14.0. The van der Waals surface area contributed by atoms with Gasteiger partial charge < -0.3 is 15.2 Å². The summed E-state index contributed by atoms with van der Waals surface area (Å²) in [5.41, 5.74) is 3.25. The van der Waals surface area contributed by atoms with Crippen molar-refractivity contribution in [1.82, 2.24) is 5.32 Å². The van der Waals surface area contributed by atoms with Gasteiger partial charge in [0.25, 0.3) is 0 Å². The number of carbonyl (C=O) groups excluding carboxylic acids is 2. The number of carbonyl (C=O) groups is 3. The number of carboxylic acids is 1. The van der Waals surface area contributed by atoms with E-state index in [-0.39, 0.29) is 37.2 Å². The van der Waals surface area contributed by atoms with Gasteiger partial charge in [0.05, 0.1) is 13.0 Å². The fourth-order valence-corrected chi connectivity index (χ4v) is 3.02. The Morgan fingerprint density at radius 1 is 0.931 bits per heavy atom. The molecule has 0 saturated heterocycles. The first kappa shape index (κ1) is 22.1. The molecule has 0 radical (unpaired) electrons. The van der Waals surface area contributed by atoms with Crippen LogP contribution in [0.15, 0.2) is 54.6 Å². The Balaban J connectivity index is 2.01. The van der Waals surface area contributed by atoms with Crippen molar-refractivity contribution < 1.29 is 24.2 Å². The molecule has 0 aliphatic heterocycles. The van der Waals surface area contributed by atoms with Crippen molar-refractivity contribution in [1.29, 1.82) is 0 Å². The Kier molecular flexibility index (Phi) is 8.89. The lowest BCUT2D eigenvalue weighted by Gasteiger charge is -2.19. The summed E-state index contributed by atoms with van der Waals surface area (Å²) < 4.78 is 4.96. The molecule has 0 bridgehead atoms. The van der Waals surface area contributed by atoms with Gasteiger partial charge in [0.2, 0.25) is 5.91 Å². The van der Waals surface area contributed by atoms with Crippen LogP contribution in [-0.4, -0.2) is 35.6 Å². The summed E-state index contributed by atoms with van der Waals surface area (Å²) in [4.78, 5) is 34.4. The van der Waals surface area contributed by atoms with Crippen LogP contribution in [0.5, 0.6) is 0 Å². The Morgan fingerprint density at radius 2 is 1.59 bits per heavy atom. The first-order valence-electron chi connectivity index (χ1n) is 9.79. The number of hydrogen-bond acceptors (Lipinski definition) is 4. The minimum absolute atomic E-state index is 0.0851. The summed E-state index contributed by atoms with van der Waals surface area (Å²) >= 11 is 0. The van der Waals surface area contributed by atoms with Crippen LogP contribution >= 0.6 is 0 Å². The lowest BCUT2D eigenvalue weighted by Crippen LogP contribution is -2.37. The van der Waals surface area contributed by atoms with Crippen LogP contribution in [0.1, 0.15) is 38.2 Å². The molecule has 0 fully saturated rings. The van der Waals surface area contributed by atoms with Crippen molar-refractivity contribution in [3.63, 3.8) is 0 Å².